The quantitative estimate of drug-likeness (QED) is 0.360. The van der Waals surface area contributed by atoms with Gasteiger partial charge in [-0.25, -0.2) is 0 Å². The van der Waals surface area contributed by atoms with E-state index in [0.29, 0.717) is 0 Å². The van der Waals surface area contributed by atoms with E-state index >= 15 is 17.6 Å². The molecule has 0 atom stereocenters. The van der Waals surface area contributed by atoms with Crippen LogP contribution in [-0.4, -0.2) is 29.3 Å². The van der Waals surface area contributed by atoms with Crippen LogP contribution < -0.4 is 17.2 Å². The molecule has 0 radical (unpaired) electrons. The normalized spacial score (nSPS) is 16.2. The van der Waals surface area contributed by atoms with E-state index in [9.17, 15) is 16.8 Å². The number of benzene rings is 2. The van der Waals surface area contributed by atoms with Crippen LogP contribution in [0.3, 0.4) is 0 Å². The molecule has 0 unspecified atom stereocenters. The molecule has 2 N–H and O–H groups in total. The first kappa shape index (κ1) is 27.4. The van der Waals surface area contributed by atoms with Crippen molar-refractivity contribution in [1.82, 2.24) is 0 Å². The predicted molar refractivity (Wildman–Crippen MR) is 133 cm³/mol. The second kappa shape index (κ2) is 9.90. The zero-order valence-corrected chi connectivity index (χ0v) is 22.7. The fourth-order valence-corrected chi connectivity index (χ4v) is 14.8. The Morgan fingerprint density at radius 1 is 0.622 bits per heavy atom. The van der Waals surface area contributed by atoms with Gasteiger partial charge in [-0.05, 0) is 0 Å². The summed E-state index contributed by atoms with van der Waals surface area (Å²) in [6.07, 6.45) is 14.3. The van der Waals surface area contributed by atoms with Gasteiger partial charge < -0.3 is 0 Å². The first-order valence-electron chi connectivity index (χ1n) is 10.9. The predicted octanol–water partition coefficient (Wildman–Crippen LogP) is 3.92. The number of halogens is 4. The van der Waals surface area contributed by atoms with E-state index in [1.54, 1.807) is 48.6 Å². The molecule has 0 fully saturated rings. The van der Waals surface area contributed by atoms with Gasteiger partial charge in [0.2, 0.25) is 0 Å². The summed E-state index contributed by atoms with van der Waals surface area (Å²) in [7, 11) is -7.99. The number of nitrogens with one attached hydrogen (secondary N) is 2. The third-order valence-electron chi connectivity index (χ3n) is 6.15. The zero-order valence-electron chi connectivity index (χ0n) is 19.5. The van der Waals surface area contributed by atoms with Crippen molar-refractivity contribution in [2.45, 2.75) is 8.45 Å². The minimum absolute atomic E-state index is 0.572. The molecule has 0 aromatic heterocycles. The Hall–Kier alpha value is -2.67. The molecule has 2 aromatic rings. The first-order chi connectivity index (χ1) is 17.3. The van der Waals surface area contributed by atoms with E-state index in [2.05, 4.69) is 0 Å². The van der Waals surface area contributed by atoms with Crippen LogP contribution in [0.25, 0.3) is 0 Å². The number of hydrogen-bond acceptors (Lipinski definition) is 4. The second-order valence-electron chi connectivity index (χ2n) is 8.78. The summed E-state index contributed by atoms with van der Waals surface area (Å²) in [5.41, 5.74) is -1.14. The van der Waals surface area contributed by atoms with E-state index < -0.39 is 87.5 Å². The summed E-state index contributed by atoms with van der Waals surface area (Å²) in [6.45, 7) is 0. The molecular weight excluding hydrogens is 568 g/mol. The van der Waals surface area contributed by atoms with Crippen LogP contribution in [0, 0.1) is 23.3 Å². The van der Waals surface area contributed by atoms with Gasteiger partial charge in [-0.1, -0.05) is 0 Å². The molecule has 0 amide bonds. The Labute approximate surface area is 215 Å². The van der Waals surface area contributed by atoms with Crippen LogP contribution >= 0.6 is 0 Å². The van der Waals surface area contributed by atoms with Crippen LogP contribution in [0.1, 0.15) is 0 Å². The summed E-state index contributed by atoms with van der Waals surface area (Å²) in [6, 6.07) is 3.50. The molecule has 0 heterocycles. The molecule has 0 aliphatic heterocycles. The average molecular weight is 590 g/mol. The monoisotopic (exact) mass is 590 g/mol. The van der Waals surface area contributed by atoms with Gasteiger partial charge >= 0.3 is 217 Å². The van der Waals surface area contributed by atoms with E-state index in [1.807, 2.05) is 9.44 Å². The second-order valence-corrected chi connectivity index (χ2v) is 18.6. The van der Waals surface area contributed by atoms with Gasteiger partial charge in [0.05, 0.1) is 0 Å². The third kappa shape index (κ3) is 5.20. The van der Waals surface area contributed by atoms with Gasteiger partial charge in [0, 0.05) is 0 Å². The van der Waals surface area contributed by atoms with Crippen molar-refractivity contribution in [2.24, 2.45) is 0 Å². The van der Waals surface area contributed by atoms with E-state index in [1.165, 1.54) is 0 Å². The Kier molecular flexibility index (Phi) is 7.32. The summed E-state index contributed by atoms with van der Waals surface area (Å²) in [4.78, 5) is 0. The maximum absolute atomic E-state index is 16.2. The van der Waals surface area contributed by atoms with Crippen LogP contribution in [0.15, 0.2) is 72.9 Å². The third-order valence-corrected chi connectivity index (χ3v) is 15.8. The first-order valence-corrected chi connectivity index (χ1v) is 18.0. The molecule has 4 rings (SSSR count). The van der Waals surface area contributed by atoms with Crippen LogP contribution in [0.2, 0.25) is 8.45 Å². The molecule has 0 spiro atoms. The number of allylic oxidation sites excluding steroid dienone is 8. The van der Waals surface area contributed by atoms with Crippen molar-refractivity contribution in [2.75, 3.05) is 22.0 Å². The van der Waals surface area contributed by atoms with Gasteiger partial charge in [0.1, 0.15) is 0 Å². The topological polar surface area (TPSA) is 92.3 Å². The van der Waals surface area contributed by atoms with Crippen molar-refractivity contribution >= 4 is 39.2 Å². The van der Waals surface area contributed by atoms with Crippen LogP contribution in [0.5, 0.6) is 0 Å². The molecule has 0 saturated carbocycles. The SMILES string of the molecule is CS(=O)(=O)Nc1ccc(F)[c]([Ti]([c]2c(F)ccc(NS(C)(=O)=O)c2F)([CH]2C=CC=C2)[CH]2C=CC=C2)c1F. The minimum atomic E-state index is -5.16. The van der Waals surface area contributed by atoms with Gasteiger partial charge in [-0.15, -0.1) is 0 Å². The van der Waals surface area contributed by atoms with E-state index in [4.69, 9.17) is 0 Å². The summed E-state index contributed by atoms with van der Waals surface area (Å²) >= 11 is -5.16. The van der Waals surface area contributed by atoms with E-state index in [-0.39, 0.29) is 0 Å². The fourth-order valence-electron chi connectivity index (χ4n) is 4.91. The average Bonchev–Trinajstić information content (AvgIpc) is 3.50. The molecular formula is C24H22F4N2O4S2Ti. The molecule has 196 valence electrons. The summed E-state index contributed by atoms with van der Waals surface area (Å²) < 4.78 is 113. The van der Waals surface area contributed by atoms with Crippen molar-refractivity contribution in [3.05, 3.63) is 96.1 Å². The van der Waals surface area contributed by atoms with Crippen LogP contribution in [-0.2, 0) is 36.6 Å². The Bertz CT molecular complexity index is 1460. The van der Waals surface area contributed by atoms with Crippen molar-refractivity contribution in [3.63, 3.8) is 0 Å². The summed E-state index contributed by atoms with van der Waals surface area (Å²) in [5, 5.41) is 0. The number of sulfonamides is 2. The molecule has 0 bridgehead atoms. The zero-order chi connectivity index (χ0) is 27.2. The number of hydrogen-bond donors (Lipinski definition) is 2. The Morgan fingerprint density at radius 2 is 0.946 bits per heavy atom. The number of rotatable bonds is 8. The molecule has 13 heteroatoms. The molecule has 2 aliphatic rings. The van der Waals surface area contributed by atoms with Crippen molar-refractivity contribution in [3.8, 4) is 0 Å². The molecule has 0 saturated heterocycles. The van der Waals surface area contributed by atoms with Crippen molar-refractivity contribution in [1.29, 1.82) is 0 Å². The van der Waals surface area contributed by atoms with Gasteiger partial charge in [0.15, 0.2) is 0 Å². The summed E-state index contributed by atoms with van der Waals surface area (Å²) in [5.74, 6) is -4.76. The van der Waals surface area contributed by atoms with Crippen molar-refractivity contribution < 1.29 is 51.0 Å². The van der Waals surface area contributed by atoms with Gasteiger partial charge in [-0.2, -0.15) is 0 Å². The van der Waals surface area contributed by atoms with E-state index in [0.717, 1.165) is 36.8 Å². The standard InChI is InChI=1S/2C7H6F2NO2S.2C5H5.Ti/c2*1-13(11,12)10-7-3-2-5(8)4-6(7)9;2*1-2-4-5-3-1;/h2*2-3,10H,1H3;2*1-5H;. The molecule has 37 heavy (non-hydrogen) atoms. The molecule has 2 aliphatic carbocycles. The fraction of sp³-hybridized carbons (Fsp3) is 0.167. The van der Waals surface area contributed by atoms with Gasteiger partial charge in [0.25, 0.3) is 0 Å². The maximum atomic E-state index is 16.2. The molecule has 2 aromatic carbocycles. The Balaban J connectivity index is 2.18. The molecule has 6 nitrogen and oxygen atoms in total. The van der Waals surface area contributed by atoms with Gasteiger partial charge in [-0.3, -0.25) is 0 Å². The number of anilines is 2. The Morgan fingerprint density at radius 3 is 1.24 bits per heavy atom. The van der Waals surface area contributed by atoms with Crippen LogP contribution in [0.4, 0.5) is 28.9 Å².